The van der Waals surface area contributed by atoms with Gasteiger partial charge in [-0.1, -0.05) is 252 Å². The molecule has 10 atom stereocenters. The number of amides is 4. The predicted molar refractivity (Wildman–Crippen MR) is 446 cm³/mol. The Balaban J connectivity index is 0.000000521. The van der Waals surface area contributed by atoms with E-state index in [1.54, 1.807) is 0 Å². The Hall–Kier alpha value is -7.24. The largest absolute Gasteiger partial charge is 0.275 e. The molecule has 5 fully saturated rings. The molecule has 13 rings (SSSR count). The minimum Gasteiger partial charge on any atom is -0.275 e. The SMILES string of the molecule is C.C.C.C.CCCCCCC.CCCCCCC.CCCCCCC.CCCCCCCCC.O=C1C=CC(=O)N1CC1CCCCC1Cn1c(=O)c2cc3c(=O)n(CC4CC5C6CC(Cn7c(=O)c8cc9c(=O)n(CC%10CCCCC%10CN%10C(=O)C=CC%10=O)c(=O)c9cc8c7=O)C(C6)C5C4)c(=O)c3cc2c1=O. The van der Waals surface area contributed by atoms with Crippen molar-refractivity contribution in [3.63, 3.8) is 0 Å². The summed E-state index contributed by atoms with van der Waals surface area (Å²) in [6.45, 7) is 19.0. The third-order valence-electron chi connectivity index (χ3n) is 24.6. The fraction of sp³-hybridized carbons (Fsp3) is 0.689. The van der Waals surface area contributed by atoms with Gasteiger partial charge in [-0.2, -0.15) is 0 Å². The van der Waals surface area contributed by atoms with Gasteiger partial charge < -0.3 is 0 Å². The second-order valence-corrected chi connectivity index (χ2v) is 31.9. The van der Waals surface area contributed by atoms with Crippen molar-refractivity contribution in [3.05, 3.63) is 131 Å². The highest BCUT2D eigenvalue weighted by molar-refractivity contribution is 6.13. The van der Waals surface area contributed by atoms with Crippen molar-refractivity contribution in [1.82, 2.24) is 28.1 Å². The molecule has 600 valence electrons. The number of rotatable bonds is 30. The Kier molecular flexibility index (Phi) is 37.2. The maximum Gasteiger partial charge on any atom is 0.261 e. The first-order chi connectivity index (χ1) is 50.3. The zero-order chi connectivity index (χ0) is 74.7. The van der Waals surface area contributed by atoms with Crippen LogP contribution in [0, 0.1) is 59.2 Å². The smallest absolute Gasteiger partial charge is 0.261 e. The number of unbranched alkanes of at least 4 members (excludes halogenated alkanes) is 18. The Labute approximate surface area is 644 Å². The fourth-order valence-corrected chi connectivity index (χ4v) is 18.7. The molecule has 5 aliphatic carbocycles. The quantitative estimate of drug-likeness (QED) is 0.0303. The summed E-state index contributed by atoms with van der Waals surface area (Å²) in [7, 11) is 0. The van der Waals surface area contributed by atoms with Crippen LogP contribution in [0.25, 0.3) is 43.1 Å². The number of imide groups is 2. The summed E-state index contributed by atoms with van der Waals surface area (Å²) < 4.78 is 4.87. The van der Waals surface area contributed by atoms with Crippen LogP contribution in [0.15, 0.2) is 86.9 Å². The van der Waals surface area contributed by atoms with Crippen LogP contribution in [0.4, 0.5) is 0 Å². The van der Waals surface area contributed by atoms with Crippen LogP contribution in [0.2, 0.25) is 0 Å². The van der Waals surface area contributed by atoms with Gasteiger partial charge in [0.2, 0.25) is 0 Å². The van der Waals surface area contributed by atoms with Gasteiger partial charge >= 0.3 is 0 Å². The zero-order valence-electron chi connectivity index (χ0n) is 64.3. The van der Waals surface area contributed by atoms with E-state index in [-0.39, 0.29) is 183 Å². The van der Waals surface area contributed by atoms with Gasteiger partial charge in [0.25, 0.3) is 68.1 Å². The number of hydrogen-bond acceptors (Lipinski definition) is 12. The van der Waals surface area contributed by atoms with E-state index in [9.17, 15) is 57.5 Å². The van der Waals surface area contributed by atoms with Gasteiger partial charge in [0.15, 0.2) is 0 Å². The molecule has 2 bridgehead atoms. The van der Waals surface area contributed by atoms with Crippen molar-refractivity contribution in [2.45, 2.75) is 330 Å². The molecule has 0 radical (unpaired) electrons. The van der Waals surface area contributed by atoms with Crippen molar-refractivity contribution < 1.29 is 19.2 Å². The second kappa shape index (κ2) is 44.0. The van der Waals surface area contributed by atoms with Crippen LogP contribution in [0.5, 0.6) is 0 Å². The summed E-state index contributed by atoms with van der Waals surface area (Å²) in [6, 6.07) is 5.57. The van der Waals surface area contributed by atoms with Gasteiger partial charge in [0.1, 0.15) is 0 Å². The van der Waals surface area contributed by atoms with Gasteiger partial charge in [-0.05, 0) is 135 Å². The van der Waals surface area contributed by atoms with Gasteiger partial charge in [-0.15, -0.1) is 0 Å². The Morgan fingerprint density at radius 3 is 0.769 bits per heavy atom. The summed E-state index contributed by atoms with van der Waals surface area (Å²) in [4.78, 5) is 163. The van der Waals surface area contributed by atoms with E-state index < -0.39 is 44.5 Å². The van der Waals surface area contributed by atoms with Gasteiger partial charge in [-0.25, -0.2) is 0 Å². The molecule has 108 heavy (non-hydrogen) atoms. The number of nitrogens with zero attached hydrogens (tertiary/aromatic N) is 6. The second-order valence-electron chi connectivity index (χ2n) is 31.9. The average molecular weight is 1500 g/mol. The van der Waals surface area contributed by atoms with Crippen molar-refractivity contribution in [3.8, 4) is 0 Å². The van der Waals surface area contributed by atoms with E-state index in [0.717, 1.165) is 77.0 Å². The molecule has 0 spiro atoms. The first-order valence-electron chi connectivity index (χ1n) is 41.2. The van der Waals surface area contributed by atoms with E-state index in [2.05, 4.69) is 55.4 Å². The normalized spacial score (nSPS) is 22.4. The minimum absolute atomic E-state index is 0. The lowest BCUT2D eigenvalue weighted by molar-refractivity contribution is -0.139. The van der Waals surface area contributed by atoms with Crippen LogP contribution in [0.1, 0.15) is 303 Å². The molecule has 4 amide bonds. The fourth-order valence-electron chi connectivity index (χ4n) is 18.7. The standard InChI is InChI=1S/C56H54N6O12.C9H20.3C7H16.4CH4/c63-45-9-10-46(64)57(45)22-28-5-1-3-7-30(28)24-60-51(69)39-17-37-38(18-40(39)52(60)70)50(68)59(49(37)67)21-27-13-34-32-15-33(35(16-32)36(34)14-27)26-62-55(73)43-19-41-42(20-44(43)56(62)74)54(72)61(53(41)71)25-31-8-4-2-6-29(31)23-58-47(65)11-12-48(58)66;1-3-5-7-9-8-6-4-2;3*1-3-5-7-6-4-2;;;;/h9-12,17-20,27-36H,1-8,13-16,21-26H2;3-9H2,1-2H3;3*3-7H2,1-2H3;4*1H4. The summed E-state index contributed by atoms with van der Waals surface area (Å²) in [5.41, 5.74) is -4.12. The molecule has 7 aliphatic rings. The predicted octanol–water partition coefficient (Wildman–Crippen LogP) is 17.8. The third-order valence-corrected chi connectivity index (χ3v) is 24.6. The molecule has 4 aromatic heterocycles. The van der Waals surface area contributed by atoms with Crippen LogP contribution in [0.3, 0.4) is 0 Å². The molecular formula is C90H138N6O12. The Bertz CT molecular complexity index is 4180. The lowest BCUT2D eigenvalue weighted by Crippen LogP contribution is -2.41. The Morgan fingerprint density at radius 1 is 0.259 bits per heavy atom. The molecule has 0 saturated heterocycles. The van der Waals surface area contributed by atoms with E-state index in [0.29, 0.717) is 11.8 Å². The van der Waals surface area contributed by atoms with E-state index in [4.69, 9.17) is 0 Å². The van der Waals surface area contributed by atoms with Crippen molar-refractivity contribution >= 4 is 66.7 Å². The molecule has 6 heterocycles. The van der Waals surface area contributed by atoms with Crippen molar-refractivity contribution in [2.75, 3.05) is 13.1 Å². The molecule has 2 aromatic carbocycles. The van der Waals surface area contributed by atoms with E-state index in [1.165, 1.54) is 218 Å². The molecule has 6 aromatic rings. The monoisotopic (exact) mass is 1500 g/mol. The first kappa shape index (κ1) is 91.4. The number of carbonyl (C=O) groups excluding carboxylic acids is 4. The molecule has 2 aliphatic heterocycles. The summed E-state index contributed by atoms with van der Waals surface area (Å²) in [5, 5.41) is 0.727. The summed E-state index contributed by atoms with van der Waals surface area (Å²) >= 11 is 0. The molecule has 5 saturated carbocycles. The average Bonchev–Trinajstić information content (AvgIpc) is 1.60. The molecular weight excluding hydrogens is 1360 g/mol. The van der Waals surface area contributed by atoms with Gasteiger partial charge in [0, 0.05) is 63.6 Å². The van der Waals surface area contributed by atoms with Crippen LogP contribution >= 0.6 is 0 Å². The lowest BCUT2D eigenvalue weighted by Gasteiger charge is -2.33. The zero-order valence-corrected chi connectivity index (χ0v) is 64.3. The highest BCUT2D eigenvalue weighted by atomic mass is 16.2. The number of fused-ring (bicyclic) bond motifs is 9. The Morgan fingerprint density at radius 2 is 0.491 bits per heavy atom. The van der Waals surface area contributed by atoms with Gasteiger partial charge in [-0.3, -0.25) is 85.6 Å². The maximum absolute atomic E-state index is 14.1. The molecule has 18 nitrogen and oxygen atoms in total. The van der Waals surface area contributed by atoms with Crippen LogP contribution in [-0.4, -0.2) is 64.8 Å². The first-order valence-corrected chi connectivity index (χ1v) is 41.2. The maximum atomic E-state index is 14.1. The minimum atomic E-state index is -0.533. The molecule has 10 unspecified atom stereocenters. The van der Waals surface area contributed by atoms with Crippen LogP contribution in [-0.2, 0) is 45.4 Å². The highest BCUT2D eigenvalue weighted by Crippen LogP contribution is 2.62. The summed E-state index contributed by atoms with van der Waals surface area (Å²) in [5.74, 6) is -0.651. The number of aromatic nitrogens is 4. The number of benzene rings is 2. The van der Waals surface area contributed by atoms with Crippen molar-refractivity contribution in [1.29, 1.82) is 0 Å². The third kappa shape index (κ3) is 21.2. The van der Waals surface area contributed by atoms with Crippen molar-refractivity contribution in [2.24, 2.45) is 59.2 Å². The van der Waals surface area contributed by atoms with E-state index in [1.807, 2.05) is 0 Å². The van der Waals surface area contributed by atoms with E-state index >= 15 is 0 Å². The lowest BCUT2D eigenvalue weighted by atomic mass is 9.75. The van der Waals surface area contributed by atoms with Crippen LogP contribution < -0.4 is 44.5 Å². The number of hydrogen-bond donors (Lipinski definition) is 0. The number of carbonyl (C=O) groups is 4. The summed E-state index contributed by atoms with van der Waals surface area (Å²) in [6.07, 6.45) is 45.9. The van der Waals surface area contributed by atoms with Gasteiger partial charge in [0.05, 0.1) is 43.1 Å². The molecule has 0 N–H and O–H groups in total. The molecule has 18 heteroatoms. The topological polar surface area (TPSA) is 231 Å². The highest BCUT2D eigenvalue weighted by Gasteiger charge is 2.56.